The number of thiazole rings is 1. The Morgan fingerprint density at radius 1 is 0.938 bits per heavy atom. The number of β-lactam (4-membered cyclic amide) rings is 1. The average molecular weight is 896 g/mol. The predicted octanol–water partition coefficient (Wildman–Crippen LogP) is 6.27. The van der Waals surface area contributed by atoms with Crippen molar-refractivity contribution in [2.24, 2.45) is 5.16 Å². The first-order valence-corrected chi connectivity index (χ1v) is 22.0. The number of nitrogen functional groups attached to an aromatic ring is 1. The van der Waals surface area contributed by atoms with Crippen molar-refractivity contribution in [1.29, 1.82) is 0 Å². The maximum Gasteiger partial charge on any atom is 0.411 e. The number of carbonyl (C=O) groups is 5. The molecule has 5 N–H and O–H groups in total. The smallest absolute Gasteiger partial charge is 0.411 e. The lowest BCUT2D eigenvalue weighted by atomic mass is 9.80. The van der Waals surface area contributed by atoms with Gasteiger partial charge in [-0.15, -0.1) is 23.1 Å². The molecule has 2 atom stereocenters. The summed E-state index contributed by atoms with van der Waals surface area (Å²) in [5.74, 6) is -2.87. The second-order valence-electron chi connectivity index (χ2n) is 14.8. The van der Waals surface area contributed by atoms with Crippen LogP contribution in [0.1, 0.15) is 34.4 Å². The SMILES string of the molecule is C=CCOC(=O)Nc1ccc(CN2CCC(=CC3=C(C(=O)O)N4C(=O)[C@@H](NC(=O)C(=NOC(c5ccccc5)(c5ccccc5)c5ccccc5)c5csc(N)n5)[C@H]4SC3)C2=O)cc1. The fraction of sp³-hybridized carbons (Fsp3) is 0.170. The van der Waals surface area contributed by atoms with Crippen molar-refractivity contribution in [3.05, 3.63) is 184 Å². The van der Waals surface area contributed by atoms with E-state index in [0.29, 0.717) is 36.3 Å². The molecule has 3 aliphatic heterocycles. The number of oxime groups is 1. The van der Waals surface area contributed by atoms with Crippen LogP contribution >= 0.6 is 23.1 Å². The van der Waals surface area contributed by atoms with E-state index in [9.17, 15) is 29.1 Å². The summed E-state index contributed by atoms with van der Waals surface area (Å²) in [6, 6.07) is 34.2. The molecule has 324 valence electrons. The summed E-state index contributed by atoms with van der Waals surface area (Å²) in [5.41, 5.74) is 8.56. The quantitative estimate of drug-likeness (QED) is 0.0230. The summed E-state index contributed by atoms with van der Waals surface area (Å²) >= 11 is 2.37. The number of nitrogens with one attached hydrogen (secondary N) is 2. The highest BCUT2D eigenvalue weighted by Gasteiger charge is 2.54. The lowest BCUT2D eigenvalue weighted by Gasteiger charge is -2.49. The third-order valence-corrected chi connectivity index (χ3v) is 12.7. The van der Waals surface area contributed by atoms with E-state index < -0.39 is 40.9 Å². The predicted molar refractivity (Wildman–Crippen MR) is 243 cm³/mol. The summed E-state index contributed by atoms with van der Waals surface area (Å²) < 4.78 is 4.94. The number of carbonyl (C=O) groups excluding carboxylic acids is 4. The molecule has 64 heavy (non-hydrogen) atoms. The number of thioether (sulfide) groups is 1. The molecular weight excluding hydrogens is 855 g/mol. The number of allylic oxidation sites excluding steroid dienone is 1. The summed E-state index contributed by atoms with van der Waals surface area (Å²) in [6.07, 6.45) is 2.78. The molecule has 4 heterocycles. The zero-order valence-corrected chi connectivity index (χ0v) is 35.7. The minimum Gasteiger partial charge on any atom is -0.477 e. The van der Waals surface area contributed by atoms with Crippen LogP contribution in [0, 0.1) is 0 Å². The van der Waals surface area contributed by atoms with Crippen molar-refractivity contribution < 1.29 is 38.7 Å². The van der Waals surface area contributed by atoms with E-state index in [2.05, 4.69) is 27.4 Å². The number of carboxylic acid groups (broad SMARTS) is 1. The number of aliphatic carboxylic acids is 1. The highest BCUT2D eigenvalue weighted by molar-refractivity contribution is 8.00. The fourth-order valence-corrected chi connectivity index (χ4v) is 9.57. The zero-order chi connectivity index (χ0) is 44.8. The molecule has 5 aromatic rings. The molecule has 0 unspecified atom stereocenters. The molecule has 0 bridgehead atoms. The number of amides is 4. The largest absolute Gasteiger partial charge is 0.477 e. The van der Waals surface area contributed by atoms with Gasteiger partial charge in [-0.2, -0.15) is 0 Å². The molecule has 0 aliphatic carbocycles. The van der Waals surface area contributed by atoms with E-state index in [1.807, 2.05) is 91.0 Å². The lowest BCUT2D eigenvalue weighted by Crippen LogP contribution is -2.71. The van der Waals surface area contributed by atoms with E-state index in [1.165, 1.54) is 17.8 Å². The Balaban J connectivity index is 1.01. The van der Waals surface area contributed by atoms with Crippen LogP contribution in [0.15, 0.2) is 161 Å². The third kappa shape index (κ3) is 8.75. The first-order valence-electron chi connectivity index (χ1n) is 20.1. The van der Waals surface area contributed by atoms with Crippen molar-refractivity contribution in [2.75, 3.05) is 30.0 Å². The van der Waals surface area contributed by atoms with E-state index >= 15 is 0 Å². The summed E-state index contributed by atoms with van der Waals surface area (Å²) in [7, 11) is 0. The topological polar surface area (TPSA) is 206 Å². The van der Waals surface area contributed by atoms with Crippen LogP contribution < -0.4 is 16.4 Å². The minimum absolute atomic E-state index is 0.0781. The Morgan fingerprint density at radius 2 is 1.56 bits per heavy atom. The van der Waals surface area contributed by atoms with Gasteiger partial charge in [0.2, 0.25) is 11.5 Å². The molecule has 4 aromatic carbocycles. The Labute approximate surface area is 375 Å². The maximum absolute atomic E-state index is 14.3. The number of nitrogens with two attached hydrogens (primary N) is 1. The van der Waals surface area contributed by atoms with Gasteiger partial charge in [0.05, 0.1) is 0 Å². The van der Waals surface area contributed by atoms with Crippen LogP contribution in [-0.4, -0.2) is 85.7 Å². The highest BCUT2D eigenvalue weighted by Crippen LogP contribution is 2.43. The molecule has 2 saturated heterocycles. The number of nitrogens with zero attached hydrogens (tertiary/aromatic N) is 4. The summed E-state index contributed by atoms with van der Waals surface area (Å²) in [5, 5.41) is 21.3. The molecule has 2 fully saturated rings. The van der Waals surface area contributed by atoms with Crippen LogP contribution in [-0.2, 0) is 40.9 Å². The molecule has 0 radical (unpaired) electrons. The van der Waals surface area contributed by atoms with Crippen LogP contribution in [0.3, 0.4) is 0 Å². The molecule has 15 nitrogen and oxygen atoms in total. The normalized spacial score (nSPS) is 18.0. The molecule has 8 rings (SSSR count). The van der Waals surface area contributed by atoms with Crippen molar-refractivity contribution in [1.82, 2.24) is 20.1 Å². The second-order valence-corrected chi connectivity index (χ2v) is 16.8. The zero-order valence-electron chi connectivity index (χ0n) is 34.1. The van der Waals surface area contributed by atoms with Crippen LogP contribution in [0.4, 0.5) is 15.6 Å². The molecular formula is C47H41N7O8S2. The third-order valence-electron chi connectivity index (χ3n) is 10.7. The fourth-order valence-electron chi connectivity index (χ4n) is 7.72. The molecule has 0 spiro atoms. The number of fused-ring (bicyclic) bond motifs is 1. The summed E-state index contributed by atoms with van der Waals surface area (Å²) in [4.78, 5) is 80.1. The average Bonchev–Trinajstić information content (AvgIpc) is 3.90. The molecule has 1 aromatic heterocycles. The Hall–Kier alpha value is -7.50. The standard InChI is InChI=1S/C47H41N7O8S2/c1-2-24-61-46(60)49-35-20-18-29(19-21-35)26-53-23-22-30(41(53)56)25-31-27-63-43-38(42(57)54(43)39(31)44(58)59)51-40(55)37(36-28-64-45(48)50-36)52-62-47(32-12-6-3-7-13-32,33-14-8-4-9-15-33)34-16-10-5-11-17-34/h2-21,25,28,38,43H,1,22-24,26-27H2,(H2,48,50)(H,49,60)(H,51,55)(H,58,59)/t38-,43-/m1/s1. The van der Waals surface area contributed by atoms with Crippen LogP contribution in [0.5, 0.6) is 0 Å². The van der Waals surface area contributed by atoms with Gasteiger partial charge in [-0.1, -0.05) is 121 Å². The first kappa shape index (κ1) is 43.2. The second kappa shape index (κ2) is 18.9. The summed E-state index contributed by atoms with van der Waals surface area (Å²) in [6.45, 7) is 4.29. The van der Waals surface area contributed by atoms with E-state index in [1.54, 1.807) is 40.6 Å². The molecule has 4 amide bonds. The van der Waals surface area contributed by atoms with Gasteiger partial charge in [-0.25, -0.2) is 14.6 Å². The number of hydrogen-bond donors (Lipinski definition) is 4. The number of ether oxygens (including phenoxy) is 1. The molecule has 0 saturated carbocycles. The van der Waals surface area contributed by atoms with Crippen molar-refractivity contribution in [3.63, 3.8) is 0 Å². The Morgan fingerprint density at radius 3 is 2.12 bits per heavy atom. The van der Waals surface area contributed by atoms with Crippen molar-refractivity contribution in [2.45, 2.75) is 30.0 Å². The number of anilines is 2. The van der Waals surface area contributed by atoms with E-state index in [0.717, 1.165) is 38.5 Å². The van der Waals surface area contributed by atoms with Gasteiger partial charge >= 0.3 is 12.1 Å². The van der Waals surface area contributed by atoms with Gasteiger partial charge in [0.1, 0.15) is 29.4 Å². The molecule has 3 aliphatic rings. The number of aromatic nitrogens is 1. The van der Waals surface area contributed by atoms with Gasteiger partial charge < -0.3 is 30.6 Å². The molecule has 17 heteroatoms. The number of likely N-dealkylation sites (tertiary alicyclic amines) is 1. The van der Waals surface area contributed by atoms with Gasteiger partial charge in [0.25, 0.3) is 11.8 Å². The Kier molecular flexibility index (Phi) is 12.7. The van der Waals surface area contributed by atoms with Gasteiger partial charge in [0, 0.05) is 52.2 Å². The number of hydrogen-bond acceptors (Lipinski definition) is 12. The number of benzene rings is 4. The monoisotopic (exact) mass is 895 g/mol. The van der Waals surface area contributed by atoms with Crippen molar-refractivity contribution >= 4 is 69.4 Å². The minimum atomic E-state index is -1.34. The van der Waals surface area contributed by atoms with Crippen molar-refractivity contribution in [3.8, 4) is 0 Å². The Bertz CT molecular complexity index is 2590. The highest BCUT2D eigenvalue weighted by atomic mass is 32.2. The lowest BCUT2D eigenvalue weighted by molar-refractivity contribution is -0.150. The van der Waals surface area contributed by atoms with Crippen LogP contribution in [0.25, 0.3) is 0 Å². The van der Waals surface area contributed by atoms with Gasteiger partial charge in [-0.3, -0.25) is 24.6 Å². The van der Waals surface area contributed by atoms with Gasteiger partial charge in [0.15, 0.2) is 10.8 Å². The first-order chi connectivity index (χ1) is 31.1. The van der Waals surface area contributed by atoms with E-state index in [4.69, 9.17) is 15.3 Å². The van der Waals surface area contributed by atoms with E-state index in [-0.39, 0.29) is 40.5 Å². The number of rotatable bonds is 15. The van der Waals surface area contributed by atoms with Crippen LogP contribution in [0.2, 0.25) is 0 Å². The number of carboxylic acids is 1. The van der Waals surface area contributed by atoms with Gasteiger partial charge in [-0.05, 0) is 35.8 Å². The maximum atomic E-state index is 14.3.